The van der Waals surface area contributed by atoms with Crippen molar-refractivity contribution >= 4 is 11.3 Å². The normalized spacial score (nSPS) is 20.5. The summed E-state index contributed by atoms with van der Waals surface area (Å²) in [6.07, 6.45) is 0. The van der Waals surface area contributed by atoms with E-state index in [4.69, 9.17) is 4.74 Å². The van der Waals surface area contributed by atoms with Gasteiger partial charge >= 0.3 is 0 Å². The van der Waals surface area contributed by atoms with Crippen molar-refractivity contribution in [2.75, 3.05) is 19.8 Å². The molecule has 2 heterocycles. The molecule has 90 valence electrons. The Morgan fingerprint density at radius 2 is 2.19 bits per heavy atom. The van der Waals surface area contributed by atoms with Crippen LogP contribution >= 0.6 is 11.3 Å². The zero-order valence-electron chi connectivity index (χ0n) is 10.5. The van der Waals surface area contributed by atoms with Gasteiger partial charge in [0.15, 0.2) is 0 Å². The summed E-state index contributed by atoms with van der Waals surface area (Å²) < 4.78 is 5.25. The van der Waals surface area contributed by atoms with E-state index in [1.165, 1.54) is 4.88 Å². The van der Waals surface area contributed by atoms with E-state index in [2.05, 4.69) is 38.0 Å². The number of nitrogens with zero attached hydrogens (tertiary/aromatic N) is 1. The topological polar surface area (TPSA) is 34.2 Å². The van der Waals surface area contributed by atoms with Crippen LogP contribution in [0.1, 0.15) is 35.5 Å². The fraction of sp³-hybridized carbons (Fsp3) is 0.750. The van der Waals surface area contributed by atoms with Crippen molar-refractivity contribution in [2.24, 2.45) is 5.41 Å². The van der Waals surface area contributed by atoms with Crippen molar-refractivity contribution in [3.8, 4) is 0 Å². The highest BCUT2D eigenvalue weighted by Crippen LogP contribution is 2.28. The standard InChI is InChI=1S/C12H20N2OS/c1-8(11-9(2)14-10(3)16-11)13-5-12(4)6-15-7-12/h8,13H,5-7H2,1-4H3. The van der Waals surface area contributed by atoms with Crippen molar-refractivity contribution in [3.63, 3.8) is 0 Å². The summed E-state index contributed by atoms with van der Waals surface area (Å²) in [5, 5.41) is 4.74. The molecule has 0 amide bonds. The van der Waals surface area contributed by atoms with E-state index in [9.17, 15) is 0 Å². The third-order valence-electron chi connectivity index (χ3n) is 3.07. The van der Waals surface area contributed by atoms with Crippen LogP contribution in [-0.4, -0.2) is 24.7 Å². The van der Waals surface area contributed by atoms with E-state index < -0.39 is 0 Å². The Morgan fingerprint density at radius 1 is 1.50 bits per heavy atom. The fourth-order valence-corrected chi connectivity index (χ4v) is 2.95. The van der Waals surface area contributed by atoms with Crippen molar-refractivity contribution in [1.82, 2.24) is 10.3 Å². The molecule has 0 radical (unpaired) electrons. The van der Waals surface area contributed by atoms with Crippen LogP contribution in [0.15, 0.2) is 0 Å². The Bertz CT molecular complexity index is 371. The molecule has 0 aliphatic carbocycles. The first kappa shape index (κ1) is 12.0. The highest BCUT2D eigenvalue weighted by Gasteiger charge is 2.33. The molecule has 0 bridgehead atoms. The quantitative estimate of drug-likeness (QED) is 0.878. The highest BCUT2D eigenvalue weighted by molar-refractivity contribution is 7.11. The zero-order chi connectivity index (χ0) is 11.8. The Morgan fingerprint density at radius 3 is 2.62 bits per heavy atom. The first-order chi connectivity index (χ1) is 7.50. The fourth-order valence-electron chi connectivity index (χ4n) is 1.99. The van der Waals surface area contributed by atoms with Crippen LogP contribution in [0.2, 0.25) is 0 Å². The molecule has 0 aromatic carbocycles. The number of rotatable bonds is 4. The Labute approximate surface area is 101 Å². The van der Waals surface area contributed by atoms with Crippen molar-refractivity contribution in [1.29, 1.82) is 0 Å². The van der Waals surface area contributed by atoms with E-state index in [-0.39, 0.29) is 0 Å². The van der Waals surface area contributed by atoms with Gasteiger partial charge in [-0.15, -0.1) is 11.3 Å². The minimum atomic E-state index is 0.335. The van der Waals surface area contributed by atoms with Crippen molar-refractivity contribution < 1.29 is 4.74 Å². The third-order valence-corrected chi connectivity index (χ3v) is 4.32. The predicted octanol–water partition coefficient (Wildman–Crippen LogP) is 2.45. The molecule has 3 nitrogen and oxygen atoms in total. The smallest absolute Gasteiger partial charge is 0.0900 e. The average Bonchev–Trinajstić information content (AvgIpc) is 2.51. The van der Waals surface area contributed by atoms with Crippen LogP contribution in [-0.2, 0) is 4.74 Å². The number of hydrogen-bond donors (Lipinski definition) is 1. The van der Waals surface area contributed by atoms with Crippen LogP contribution in [0.3, 0.4) is 0 Å². The second-order valence-electron chi connectivity index (χ2n) is 5.09. The lowest BCUT2D eigenvalue weighted by molar-refractivity contribution is -0.0998. The molecule has 1 fully saturated rings. The molecule has 1 saturated heterocycles. The van der Waals surface area contributed by atoms with Gasteiger partial charge in [0, 0.05) is 22.9 Å². The van der Waals surface area contributed by atoms with Crippen LogP contribution in [0.4, 0.5) is 0 Å². The van der Waals surface area contributed by atoms with Gasteiger partial charge < -0.3 is 10.1 Å². The van der Waals surface area contributed by atoms with Crippen LogP contribution in [0.5, 0.6) is 0 Å². The summed E-state index contributed by atoms with van der Waals surface area (Å²) in [5.41, 5.74) is 1.50. The molecular formula is C12H20N2OS. The average molecular weight is 240 g/mol. The maximum Gasteiger partial charge on any atom is 0.0900 e. The van der Waals surface area contributed by atoms with E-state index in [0.717, 1.165) is 30.5 Å². The molecule has 1 atom stereocenters. The Hall–Kier alpha value is -0.450. The van der Waals surface area contributed by atoms with Crippen molar-refractivity contribution in [3.05, 3.63) is 15.6 Å². The molecule has 1 unspecified atom stereocenters. The summed E-state index contributed by atoms with van der Waals surface area (Å²) in [6.45, 7) is 11.4. The van der Waals surface area contributed by atoms with Gasteiger partial charge in [0.25, 0.3) is 0 Å². The molecule has 1 N–H and O–H groups in total. The highest BCUT2D eigenvalue weighted by atomic mass is 32.1. The third kappa shape index (κ3) is 2.44. The number of thiazole rings is 1. The van der Waals surface area contributed by atoms with Gasteiger partial charge in [-0.3, -0.25) is 0 Å². The first-order valence-electron chi connectivity index (χ1n) is 5.75. The number of ether oxygens (including phenoxy) is 1. The summed E-state index contributed by atoms with van der Waals surface area (Å²) in [5.74, 6) is 0. The van der Waals surface area contributed by atoms with E-state index >= 15 is 0 Å². The molecule has 1 aromatic rings. The monoisotopic (exact) mass is 240 g/mol. The molecule has 1 aromatic heterocycles. The van der Waals surface area contributed by atoms with Crippen LogP contribution in [0, 0.1) is 19.3 Å². The maximum absolute atomic E-state index is 5.25. The lowest BCUT2D eigenvalue weighted by atomic mass is 9.88. The zero-order valence-corrected chi connectivity index (χ0v) is 11.3. The second kappa shape index (κ2) is 4.43. The van der Waals surface area contributed by atoms with Gasteiger partial charge in [0.1, 0.15) is 0 Å². The molecular weight excluding hydrogens is 220 g/mol. The number of hydrogen-bond acceptors (Lipinski definition) is 4. The van der Waals surface area contributed by atoms with Crippen LogP contribution in [0.25, 0.3) is 0 Å². The predicted molar refractivity (Wildman–Crippen MR) is 66.9 cm³/mol. The second-order valence-corrected chi connectivity index (χ2v) is 6.32. The molecule has 1 aliphatic heterocycles. The van der Waals surface area contributed by atoms with Gasteiger partial charge in [-0.1, -0.05) is 6.92 Å². The van der Waals surface area contributed by atoms with E-state index in [1.54, 1.807) is 11.3 Å². The van der Waals surface area contributed by atoms with Crippen molar-refractivity contribution in [2.45, 2.75) is 33.7 Å². The lowest BCUT2D eigenvalue weighted by Gasteiger charge is -2.39. The Kier molecular flexibility index (Phi) is 3.33. The van der Waals surface area contributed by atoms with Gasteiger partial charge in [-0.05, 0) is 20.8 Å². The largest absolute Gasteiger partial charge is 0.380 e. The molecule has 0 spiro atoms. The minimum absolute atomic E-state index is 0.335. The summed E-state index contributed by atoms with van der Waals surface area (Å²) >= 11 is 1.79. The Balaban J connectivity index is 1.92. The number of nitrogens with one attached hydrogen (secondary N) is 1. The summed E-state index contributed by atoms with van der Waals surface area (Å²) in [7, 11) is 0. The van der Waals surface area contributed by atoms with Gasteiger partial charge in [0.05, 0.1) is 23.9 Å². The van der Waals surface area contributed by atoms with Crippen LogP contribution < -0.4 is 5.32 Å². The molecule has 16 heavy (non-hydrogen) atoms. The maximum atomic E-state index is 5.25. The summed E-state index contributed by atoms with van der Waals surface area (Å²) in [4.78, 5) is 5.83. The molecule has 0 saturated carbocycles. The van der Waals surface area contributed by atoms with E-state index in [0.29, 0.717) is 11.5 Å². The molecule has 2 rings (SSSR count). The van der Waals surface area contributed by atoms with Gasteiger partial charge in [-0.25, -0.2) is 4.98 Å². The van der Waals surface area contributed by atoms with Gasteiger partial charge in [-0.2, -0.15) is 0 Å². The molecule has 4 heteroatoms. The minimum Gasteiger partial charge on any atom is -0.380 e. The first-order valence-corrected chi connectivity index (χ1v) is 6.57. The SMILES string of the molecule is Cc1nc(C)c(C(C)NCC2(C)COC2)s1. The molecule has 1 aliphatic rings. The summed E-state index contributed by atoms with van der Waals surface area (Å²) in [6, 6.07) is 0.392. The number of aryl methyl sites for hydroxylation is 2. The van der Waals surface area contributed by atoms with E-state index in [1.807, 2.05) is 0 Å². The van der Waals surface area contributed by atoms with Gasteiger partial charge in [0.2, 0.25) is 0 Å². The number of aromatic nitrogens is 1. The lowest BCUT2D eigenvalue weighted by Crippen LogP contribution is -2.47.